The maximum absolute atomic E-state index is 12.1. The molecule has 1 N–H and O–H groups in total. The molecule has 6 heteroatoms. The molecule has 2 aromatic rings. The number of carbonyl (C=O) groups excluding carboxylic acids is 1. The number of carbonyl (C=O) groups is 1. The summed E-state index contributed by atoms with van der Waals surface area (Å²) in [7, 11) is 0. The number of nitrogens with one attached hydrogen (secondary N) is 1. The molecule has 2 aromatic heterocycles. The molecule has 21 heavy (non-hydrogen) atoms. The molecule has 1 aliphatic rings. The molecular weight excluding hydrogens is 266 g/mol. The number of rotatable bonds is 5. The Morgan fingerprint density at radius 3 is 3.10 bits per heavy atom. The van der Waals surface area contributed by atoms with Crippen LogP contribution in [-0.4, -0.2) is 44.7 Å². The smallest absolute Gasteiger partial charge is 0.238 e. The summed E-state index contributed by atoms with van der Waals surface area (Å²) in [6.07, 6.45) is 9.34. The van der Waals surface area contributed by atoms with Gasteiger partial charge in [-0.2, -0.15) is 5.10 Å². The topological polar surface area (TPSA) is 63.1 Å². The van der Waals surface area contributed by atoms with Crippen molar-refractivity contribution in [1.82, 2.24) is 19.7 Å². The summed E-state index contributed by atoms with van der Waals surface area (Å²) in [6, 6.07) is 5.96. The molecule has 1 amide bonds. The Morgan fingerprint density at radius 1 is 1.38 bits per heavy atom. The zero-order valence-corrected chi connectivity index (χ0v) is 11.9. The van der Waals surface area contributed by atoms with Crippen LogP contribution >= 0.6 is 0 Å². The first-order valence-electron chi connectivity index (χ1n) is 7.22. The predicted molar refractivity (Wildman–Crippen MR) is 79.7 cm³/mol. The van der Waals surface area contributed by atoms with E-state index in [9.17, 15) is 4.79 Å². The molecule has 1 unspecified atom stereocenters. The van der Waals surface area contributed by atoms with E-state index in [4.69, 9.17) is 0 Å². The first-order valence-corrected chi connectivity index (χ1v) is 7.22. The molecule has 110 valence electrons. The second-order valence-electron chi connectivity index (χ2n) is 5.28. The van der Waals surface area contributed by atoms with Crippen molar-refractivity contribution in [3.63, 3.8) is 0 Å². The van der Waals surface area contributed by atoms with E-state index in [1.54, 1.807) is 18.6 Å². The van der Waals surface area contributed by atoms with Crippen molar-refractivity contribution >= 4 is 11.6 Å². The SMILES string of the molecule is O=C(CN1CCCC1Cn1cccn1)Nc1cccnc1. The summed E-state index contributed by atoms with van der Waals surface area (Å²) in [5.41, 5.74) is 0.741. The first kappa shape index (κ1) is 13.8. The van der Waals surface area contributed by atoms with Crippen LogP contribution in [0.25, 0.3) is 0 Å². The molecule has 1 fully saturated rings. The van der Waals surface area contributed by atoms with Crippen LogP contribution in [0.1, 0.15) is 12.8 Å². The number of amides is 1. The Bertz CT molecular complexity index is 569. The molecule has 3 heterocycles. The van der Waals surface area contributed by atoms with Gasteiger partial charge in [0.25, 0.3) is 0 Å². The van der Waals surface area contributed by atoms with Gasteiger partial charge in [-0.15, -0.1) is 0 Å². The maximum atomic E-state index is 12.1. The normalized spacial score (nSPS) is 18.8. The quantitative estimate of drug-likeness (QED) is 0.901. The minimum atomic E-state index is 0.00960. The minimum Gasteiger partial charge on any atom is -0.324 e. The van der Waals surface area contributed by atoms with E-state index in [-0.39, 0.29) is 5.91 Å². The summed E-state index contributed by atoms with van der Waals surface area (Å²) < 4.78 is 1.93. The molecule has 6 nitrogen and oxygen atoms in total. The lowest BCUT2D eigenvalue weighted by atomic mass is 10.2. The van der Waals surface area contributed by atoms with E-state index in [1.165, 1.54) is 0 Å². The lowest BCUT2D eigenvalue weighted by Crippen LogP contribution is -2.39. The van der Waals surface area contributed by atoms with E-state index < -0.39 is 0 Å². The standard InChI is InChI=1S/C15H19N5O/c21-15(18-13-4-1-6-16-10-13)12-19-8-2-5-14(19)11-20-9-3-7-17-20/h1,3-4,6-7,9-10,14H,2,5,8,11-12H2,(H,18,21). The van der Waals surface area contributed by atoms with Gasteiger partial charge in [-0.25, -0.2) is 0 Å². The second kappa shape index (κ2) is 6.49. The summed E-state index contributed by atoms with van der Waals surface area (Å²) in [6.45, 7) is 2.22. The van der Waals surface area contributed by atoms with Gasteiger partial charge in [0.1, 0.15) is 0 Å². The largest absolute Gasteiger partial charge is 0.324 e. The van der Waals surface area contributed by atoms with Gasteiger partial charge in [0, 0.05) is 24.6 Å². The van der Waals surface area contributed by atoms with Crippen molar-refractivity contribution in [3.05, 3.63) is 43.0 Å². The number of hydrogen-bond donors (Lipinski definition) is 1. The van der Waals surface area contributed by atoms with Crippen LogP contribution in [0.2, 0.25) is 0 Å². The van der Waals surface area contributed by atoms with Crippen molar-refractivity contribution in [2.24, 2.45) is 0 Å². The molecule has 0 saturated carbocycles. The average Bonchev–Trinajstić information content (AvgIpc) is 3.13. The van der Waals surface area contributed by atoms with Gasteiger partial charge in [0.2, 0.25) is 5.91 Å². The monoisotopic (exact) mass is 285 g/mol. The lowest BCUT2D eigenvalue weighted by molar-refractivity contribution is -0.117. The third-order valence-electron chi connectivity index (χ3n) is 3.75. The summed E-state index contributed by atoms with van der Waals surface area (Å²) >= 11 is 0. The van der Waals surface area contributed by atoms with Crippen LogP contribution < -0.4 is 5.32 Å². The van der Waals surface area contributed by atoms with E-state index in [0.29, 0.717) is 12.6 Å². The molecular formula is C15H19N5O. The Kier molecular flexibility index (Phi) is 4.25. The Morgan fingerprint density at radius 2 is 2.33 bits per heavy atom. The van der Waals surface area contributed by atoms with Crippen LogP contribution in [0, 0.1) is 0 Å². The molecule has 0 aromatic carbocycles. The zero-order chi connectivity index (χ0) is 14.5. The van der Waals surface area contributed by atoms with E-state index in [2.05, 4.69) is 20.3 Å². The summed E-state index contributed by atoms with van der Waals surface area (Å²) in [5.74, 6) is 0.00960. The summed E-state index contributed by atoms with van der Waals surface area (Å²) in [5, 5.41) is 7.12. The van der Waals surface area contributed by atoms with Gasteiger partial charge < -0.3 is 5.32 Å². The average molecular weight is 285 g/mol. The Labute approximate surface area is 123 Å². The van der Waals surface area contributed by atoms with E-state index in [1.807, 2.05) is 29.1 Å². The number of hydrogen-bond acceptors (Lipinski definition) is 4. The number of likely N-dealkylation sites (tertiary alicyclic amines) is 1. The molecule has 0 radical (unpaired) electrons. The highest BCUT2D eigenvalue weighted by Gasteiger charge is 2.26. The third kappa shape index (κ3) is 3.66. The number of pyridine rings is 1. The maximum Gasteiger partial charge on any atom is 0.238 e. The fraction of sp³-hybridized carbons (Fsp3) is 0.400. The summed E-state index contributed by atoms with van der Waals surface area (Å²) in [4.78, 5) is 18.3. The van der Waals surface area contributed by atoms with Crippen molar-refractivity contribution in [2.45, 2.75) is 25.4 Å². The highest BCUT2D eigenvalue weighted by atomic mass is 16.2. The van der Waals surface area contributed by atoms with Gasteiger partial charge in [-0.3, -0.25) is 19.4 Å². The fourth-order valence-electron chi connectivity index (χ4n) is 2.76. The Hall–Kier alpha value is -2.21. The fourth-order valence-corrected chi connectivity index (χ4v) is 2.76. The number of nitrogens with zero attached hydrogens (tertiary/aromatic N) is 4. The van der Waals surface area contributed by atoms with Crippen LogP contribution in [0.4, 0.5) is 5.69 Å². The molecule has 1 aliphatic heterocycles. The number of aromatic nitrogens is 3. The van der Waals surface area contributed by atoms with Crippen LogP contribution in [-0.2, 0) is 11.3 Å². The van der Waals surface area contributed by atoms with E-state index >= 15 is 0 Å². The number of anilines is 1. The van der Waals surface area contributed by atoms with Crippen LogP contribution in [0.5, 0.6) is 0 Å². The predicted octanol–water partition coefficient (Wildman–Crippen LogP) is 1.38. The molecule has 0 spiro atoms. The first-order chi connectivity index (χ1) is 10.3. The van der Waals surface area contributed by atoms with Crippen LogP contribution in [0.15, 0.2) is 43.0 Å². The zero-order valence-electron chi connectivity index (χ0n) is 11.9. The second-order valence-corrected chi connectivity index (χ2v) is 5.28. The van der Waals surface area contributed by atoms with Crippen molar-refractivity contribution in [1.29, 1.82) is 0 Å². The van der Waals surface area contributed by atoms with E-state index in [0.717, 1.165) is 31.6 Å². The molecule has 1 atom stereocenters. The molecule has 3 rings (SSSR count). The third-order valence-corrected chi connectivity index (χ3v) is 3.75. The van der Waals surface area contributed by atoms with Crippen molar-refractivity contribution in [2.75, 3.05) is 18.4 Å². The highest BCUT2D eigenvalue weighted by Crippen LogP contribution is 2.18. The molecule has 0 aliphatic carbocycles. The van der Waals surface area contributed by atoms with Crippen molar-refractivity contribution in [3.8, 4) is 0 Å². The van der Waals surface area contributed by atoms with Gasteiger partial charge in [-0.05, 0) is 37.6 Å². The Balaban J connectivity index is 1.54. The molecule has 1 saturated heterocycles. The highest BCUT2D eigenvalue weighted by molar-refractivity contribution is 5.92. The minimum absolute atomic E-state index is 0.00960. The molecule has 0 bridgehead atoms. The van der Waals surface area contributed by atoms with Gasteiger partial charge in [0.05, 0.1) is 25.0 Å². The van der Waals surface area contributed by atoms with Crippen molar-refractivity contribution < 1.29 is 4.79 Å². The van der Waals surface area contributed by atoms with Crippen LogP contribution in [0.3, 0.4) is 0 Å². The van der Waals surface area contributed by atoms with Gasteiger partial charge >= 0.3 is 0 Å². The lowest BCUT2D eigenvalue weighted by Gasteiger charge is -2.23. The van der Waals surface area contributed by atoms with Gasteiger partial charge in [-0.1, -0.05) is 0 Å². The van der Waals surface area contributed by atoms with Gasteiger partial charge in [0.15, 0.2) is 0 Å².